The summed E-state index contributed by atoms with van der Waals surface area (Å²) < 4.78 is 32.1. The van der Waals surface area contributed by atoms with Crippen molar-refractivity contribution in [2.24, 2.45) is 0 Å². The standard InChI is InChI=1S/C22H20F2N4O2/c1-15-13-27(9-10-28(15)22(29)16-5-7-17(23)8-6-16)20-12-21(26-14-25-20)30-19-4-2-3-18(24)11-19/h2-8,11-12,14-15H,9-10,13H2,1H3. The molecule has 4 rings (SSSR count). The first-order chi connectivity index (χ1) is 14.5. The summed E-state index contributed by atoms with van der Waals surface area (Å²) in [5, 5.41) is 0. The molecule has 1 atom stereocenters. The van der Waals surface area contributed by atoms with E-state index in [1.807, 2.05) is 11.8 Å². The van der Waals surface area contributed by atoms with E-state index in [1.165, 1.54) is 42.7 Å². The molecule has 0 spiro atoms. The third kappa shape index (κ3) is 4.37. The molecular weight excluding hydrogens is 390 g/mol. The van der Waals surface area contributed by atoms with Gasteiger partial charge in [0.05, 0.1) is 0 Å². The van der Waals surface area contributed by atoms with Crippen LogP contribution in [0, 0.1) is 11.6 Å². The second-order valence-corrected chi connectivity index (χ2v) is 7.07. The molecule has 0 aliphatic carbocycles. The van der Waals surface area contributed by atoms with E-state index in [1.54, 1.807) is 23.1 Å². The molecule has 3 aromatic rings. The minimum absolute atomic E-state index is 0.0705. The topological polar surface area (TPSA) is 58.6 Å². The van der Waals surface area contributed by atoms with Crippen molar-refractivity contribution >= 4 is 11.7 Å². The van der Waals surface area contributed by atoms with Crippen molar-refractivity contribution in [1.29, 1.82) is 0 Å². The number of rotatable bonds is 4. The summed E-state index contributed by atoms with van der Waals surface area (Å²) >= 11 is 0. The molecule has 154 valence electrons. The molecule has 1 aromatic heterocycles. The normalized spacial score (nSPS) is 16.4. The fourth-order valence-electron chi connectivity index (χ4n) is 3.44. The quantitative estimate of drug-likeness (QED) is 0.653. The predicted octanol–water partition coefficient (Wildman–Crippen LogP) is 3.90. The lowest BCUT2D eigenvalue weighted by molar-refractivity contribution is 0.0673. The summed E-state index contributed by atoms with van der Waals surface area (Å²) in [6.07, 6.45) is 1.39. The van der Waals surface area contributed by atoms with Crippen LogP contribution in [-0.2, 0) is 0 Å². The summed E-state index contributed by atoms with van der Waals surface area (Å²) in [4.78, 5) is 25.0. The van der Waals surface area contributed by atoms with E-state index in [2.05, 4.69) is 9.97 Å². The Balaban J connectivity index is 1.44. The number of hydrogen-bond acceptors (Lipinski definition) is 5. The molecule has 30 heavy (non-hydrogen) atoms. The fraction of sp³-hybridized carbons (Fsp3) is 0.227. The van der Waals surface area contributed by atoms with Gasteiger partial charge in [-0.3, -0.25) is 4.79 Å². The summed E-state index contributed by atoms with van der Waals surface area (Å²) in [6, 6.07) is 13.0. The van der Waals surface area contributed by atoms with Crippen LogP contribution in [0.15, 0.2) is 60.9 Å². The molecule has 1 fully saturated rings. The monoisotopic (exact) mass is 410 g/mol. The Morgan fingerprint density at radius 3 is 2.57 bits per heavy atom. The van der Waals surface area contributed by atoms with Gasteiger partial charge in [-0.2, -0.15) is 0 Å². The summed E-state index contributed by atoms with van der Waals surface area (Å²) in [5.74, 6) is 0.435. The van der Waals surface area contributed by atoms with Crippen LogP contribution in [0.25, 0.3) is 0 Å². The average molecular weight is 410 g/mol. The van der Waals surface area contributed by atoms with Crippen molar-refractivity contribution in [2.45, 2.75) is 13.0 Å². The maximum atomic E-state index is 13.4. The first-order valence-corrected chi connectivity index (χ1v) is 9.56. The number of ether oxygens (including phenoxy) is 1. The Morgan fingerprint density at radius 2 is 1.83 bits per heavy atom. The van der Waals surface area contributed by atoms with Crippen molar-refractivity contribution < 1.29 is 18.3 Å². The lowest BCUT2D eigenvalue weighted by Gasteiger charge is -2.40. The van der Waals surface area contributed by atoms with Gasteiger partial charge >= 0.3 is 0 Å². The molecule has 1 saturated heterocycles. The van der Waals surface area contributed by atoms with Gasteiger partial charge in [-0.25, -0.2) is 18.7 Å². The zero-order valence-electron chi connectivity index (χ0n) is 16.3. The van der Waals surface area contributed by atoms with Gasteiger partial charge in [0.15, 0.2) is 0 Å². The predicted molar refractivity (Wildman–Crippen MR) is 108 cm³/mol. The van der Waals surface area contributed by atoms with E-state index < -0.39 is 5.82 Å². The highest BCUT2D eigenvalue weighted by molar-refractivity contribution is 5.94. The van der Waals surface area contributed by atoms with Crippen LogP contribution < -0.4 is 9.64 Å². The van der Waals surface area contributed by atoms with Crippen molar-refractivity contribution in [2.75, 3.05) is 24.5 Å². The lowest BCUT2D eigenvalue weighted by atomic mass is 10.1. The molecule has 0 N–H and O–H groups in total. The average Bonchev–Trinajstić information content (AvgIpc) is 2.74. The third-order valence-corrected chi connectivity index (χ3v) is 4.95. The number of nitrogens with zero attached hydrogens (tertiary/aromatic N) is 4. The van der Waals surface area contributed by atoms with E-state index in [0.717, 1.165) is 0 Å². The molecule has 0 bridgehead atoms. The number of carbonyl (C=O) groups is 1. The van der Waals surface area contributed by atoms with Gasteiger partial charge in [0.2, 0.25) is 5.88 Å². The first-order valence-electron chi connectivity index (χ1n) is 9.56. The zero-order chi connectivity index (χ0) is 21.1. The molecule has 1 aliphatic rings. The molecular formula is C22H20F2N4O2. The number of carbonyl (C=O) groups excluding carboxylic acids is 1. The minimum atomic E-state index is -0.391. The molecule has 2 aromatic carbocycles. The van der Waals surface area contributed by atoms with Gasteiger partial charge in [-0.05, 0) is 43.3 Å². The van der Waals surface area contributed by atoms with Gasteiger partial charge < -0.3 is 14.5 Å². The first kappa shape index (κ1) is 19.8. The van der Waals surface area contributed by atoms with E-state index in [4.69, 9.17) is 4.74 Å². The second kappa shape index (κ2) is 8.44. The summed E-state index contributed by atoms with van der Waals surface area (Å²) in [6.45, 7) is 3.61. The maximum absolute atomic E-state index is 13.4. The summed E-state index contributed by atoms with van der Waals surface area (Å²) in [7, 11) is 0. The smallest absolute Gasteiger partial charge is 0.254 e. The molecule has 2 heterocycles. The van der Waals surface area contributed by atoms with Gasteiger partial charge in [0.1, 0.15) is 29.5 Å². The van der Waals surface area contributed by atoms with E-state index in [9.17, 15) is 13.6 Å². The number of piperazine rings is 1. The number of amides is 1. The fourth-order valence-corrected chi connectivity index (χ4v) is 3.44. The van der Waals surface area contributed by atoms with E-state index in [-0.39, 0.29) is 17.8 Å². The minimum Gasteiger partial charge on any atom is -0.439 e. The molecule has 6 nitrogen and oxygen atoms in total. The highest BCUT2D eigenvalue weighted by Gasteiger charge is 2.29. The van der Waals surface area contributed by atoms with Crippen LogP contribution in [0.5, 0.6) is 11.6 Å². The highest BCUT2D eigenvalue weighted by atomic mass is 19.1. The van der Waals surface area contributed by atoms with Crippen molar-refractivity contribution in [3.63, 3.8) is 0 Å². The lowest BCUT2D eigenvalue weighted by Crippen LogP contribution is -2.54. The van der Waals surface area contributed by atoms with Gasteiger partial charge in [-0.1, -0.05) is 6.07 Å². The summed E-state index contributed by atoms with van der Waals surface area (Å²) in [5.41, 5.74) is 0.463. The van der Waals surface area contributed by atoms with Crippen molar-refractivity contribution in [1.82, 2.24) is 14.9 Å². The molecule has 0 radical (unpaired) electrons. The third-order valence-electron chi connectivity index (χ3n) is 4.95. The Labute approximate surface area is 172 Å². The Hall–Kier alpha value is -3.55. The van der Waals surface area contributed by atoms with Crippen LogP contribution in [0.4, 0.5) is 14.6 Å². The highest BCUT2D eigenvalue weighted by Crippen LogP contribution is 2.25. The molecule has 1 unspecified atom stereocenters. The Kier molecular flexibility index (Phi) is 5.56. The van der Waals surface area contributed by atoms with Gasteiger partial charge in [0, 0.05) is 43.4 Å². The van der Waals surface area contributed by atoms with Crippen LogP contribution in [0.3, 0.4) is 0 Å². The van der Waals surface area contributed by atoms with Crippen LogP contribution in [0.2, 0.25) is 0 Å². The van der Waals surface area contributed by atoms with Gasteiger partial charge in [0.25, 0.3) is 5.91 Å². The van der Waals surface area contributed by atoms with Crippen molar-refractivity contribution in [3.8, 4) is 11.6 Å². The van der Waals surface area contributed by atoms with Gasteiger partial charge in [-0.15, -0.1) is 0 Å². The number of aromatic nitrogens is 2. The Morgan fingerprint density at radius 1 is 1.03 bits per heavy atom. The van der Waals surface area contributed by atoms with Crippen LogP contribution >= 0.6 is 0 Å². The number of hydrogen-bond donors (Lipinski definition) is 0. The second-order valence-electron chi connectivity index (χ2n) is 7.07. The van der Waals surface area contributed by atoms with E-state index in [0.29, 0.717) is 42.6 Å². The largest absolute Gasteiger partial charge is 0.439 e. The molecule has 0 saturated carbocycles. The Bertz CT molecular complexity index is 1050. The zero-order valence-corrected chi connectivity index (χ0v) is 16.3. The molecule has 8 heteroatoms. The number of benzene rings is 2. The van der Waals surface area contributed by atoms with Crippen LogP contribution in [0.1, 0.15) is 17.3 Å². The number of halogens is 2. The molecule has 1 aliphatic heterocycles. The van der Waals surface area contributed by atoms with Crippen LogP contribution in [-0.4, -0.2) is 46.5 Å². The number of anilines is 1. The SMILES string of the molecule is CC1CN(c2cc(Oc3cccc(F)c3)ncn2)CCN1C(=O)c1ccc(F)cc1. The van der Waals surface area contributed by atoms with Crippen molar-refractivity contribution in [3.05, 3.63) is 78.1 Å². The van der Waals surface area contributed by atoms with E-state index >= 15 is 0 Å². The molecule has 1 amide bonds. The maximum Gasteiger partial charge on any atom is 0.254 e.